The molecule has 18 heavy (non-hydrogen) atoms. The van der Waals surface area contributed by atoms with Gasteiger partial charge in [-0.05, 0) is 13.0 Å². The molecule has 0 saturated carbocycles. The van der Waals surface area contributed by atoms with Crippen LogP contribution in [0.25, 0.3) is 10.9 Å². The minimum absolute atomic E-state index is 0.0823. The van der Waals surface area contributed by atoms with Crippen LogP contribution >= 0.6 is 0 Å². The van der Waals surface area contributed by atoms with Gasteiger partial charge in [0.2, 0.25) is 0 Å². The maximum Gasteiger partial charge on any atom is 0.256 e. The van der Waals surface area contributed by atoms with Crippen molar-refractivity contribution in [1.29, 1.82) is 0 Å². The van der Waals surface area contributed by atoms with Crippen LogP contribution in [0.3, 0.4) is 0 Å². The van der Waals surface area contributed by atoms with Crippen LogP contribution in [-0.4, -0.2) is 46.7 Å². The number of amides is 1. The average molecular weight is 244 g/mol. The van der Waals surface area contributed by atoms with Gasteiger partial charge in [0, 0.05) is 31.1 Å². The molecule has 0 aliphatic carbocycles. The molecule has 0 radical (unpaired) electrons. The van der Waals surface area contributed by atoms with Crippen molar-refractivity contribution in [2.24, 2.45) is 0 Å². The number of hydrogen-bond acceptors (Lipinski definition) is 3. The lowest BCUT2D eigenvalue weighted by molar-refractivity contribution is 0.0657. The normalized spacial score (nSPS) is 20.3. The van der Waals surface area contributed by atoms with Crippen LogP contribution in [0.5, 0.6) is 0 Å². The molecule has 1 aliphatic heterocycles. The molecule has 1 aliphatic rings. The maximum absolute atomic E-state index is 12.6. The van der Waals surface area contributed by atoms with E-state index in [2.05, 4.69) is 22.4 Å². The van der Waals surface area contributed by atoms with E-state index in [0.29, 0.717) is 5.56 Å². The molecule has 5 heteroatoms. The van der Waals surface area contributed by atoms with Gasteiger partial charge in [-0.25, -0.2) is 0 Å². The SMILES string of the molecule is C[C@H]1CNCCN1C(=O)c1cccc2cn[nH]c12. The number of nitrogens with zero attached hydrogens (tertiary/aromatic N) is 2. The second-order valence-electron chi connectivity index (χ2n) is 4.69. The molecule has 2 N–H and O–H groups in total. The number of carbonyl (C=O) groups excluding carboxylic acids is 1. The van der Waals surface area contributed by atoms with Crippen molar-refractivity contribution in [2.75, 3.05) is 19.6 Å². The van der Waals surface area contributed by atoms with E-state index < -0.39 is 0 Å². The molecule has 1 aromatic carbocycles. The minimum Gasteiger partial charge on any atom is -0.333 e. The number of hydrogen-bond donors (Lipinski definition) is 2. The van der Waals surface area contributed by atoms with Crippen LogP contribution in [0.15, 0.2) is 24.4 Å². The average Bonchev–Trinajstić information content (AvgIpc) is 2.86. The lowest BCUT2D eigenvalue weighted by Crippen LogP contribution is -2.52. The van der Waals surface area contributed by atoms with Crippen LogP contribution in [0.2, 0.25) is 0 Å². The fraction of sp³-hybridized carbons (Fsp3) is 0.385. The largest absolute Gasteiger partial charge is 0.333 e. The van der Waals surface area contributed by atoms with Crippen LogP contribution in [-0.2, 0) is 0 Å². The third-order valence-electron chi connectivity index (χ3n) is 3.47. The highest BCUT2D eigenvalue weighted by atomic mass is 16.2. The molecule has 1 saturated heterocycles. The number of rotatable bonds is 1. The van der Waals surface area contributed by atoms with Crippen molar-refractivity contribution in [2.45, 2.75) is 13.0 Å². The first-order valence-electron chi connectivity index (χ1n) is 6.21. The molecule has 1 amide bonds. The topological polar surface area (TPSA) is 61.0 Å². The van der Waals surface area contributed by atoms with Gasteiger partial charge in [-0.1, -0.05) is 12.1 Å². The quantitative estimate of drug-likeness (QED) is 0.786. The third kappa shape index (κ3) is 1.76. The lowest BCUT2D eigenvalue weighted by Gasteiger charge is -2.34. The summed E-state index contributed by atoms with van der Waals surface area (Å²) in [7, 11) is 0. The van der Waals surface area contributed by atoms with Crippen molar-refractivity contribution in [3.05, 3.63) is 30.0 Å². The van der Waals surface area contributed by atoms with Crippen LogP contribution in [0.1, 0.15) is 17.3 Å². The Kier molecular flexibility index (Phi) is 2.76. The van der Waals surface area contributed by atoms with E-state index in [1.807, 2.05) is 23.1 Å². The molecule has 1 fully saturated rings. The summed E-state index contributed by atoms with van der Waals surface area (Å²) in [5, 5.41) is 11.2. The lowest BCUT2D eigenvalue weighted by atomic mass is 10.1. The molecule has 5 nitrogen and oxygen atoms in total. The van der Waals surface area contributed by atoms with Gasteiger partial charge in [0.1, 0.15) is 0 Å². The summed E-state index contributed by atoms with van der Waals surface area (Å²) in [6.45, 7) is 4.53. The summed E-state index contributed by atoms with van der Waals surface area (Å²) in [6, 6.07) is 5.94. The number of H-pyrrole nitrogens is 1. The van der Waals surface area contributed by atoms with Crippen molar-refractivity contribution in [1.82, 2.24) is 20.4 Å². The molecule has 2 aromatic rings. The van der Waals surface area contributed by atoms with Gasteiger partial charge in [0.05, 0.1) is 17.3 Å². The Morgan fingerprint density at radius 3 is 3.22 bits per heavy atom. The molecular formula is C13H16N4O. The first-order valence-corrected chi connectivity index (χ1v) is 6.21. The summed E-state index contributed by atoms with van der Waals surface area (Å²) in [4.78, 5) is 14.5. The Hall–Kier alpha value is -1.88. The number of fused-ring (bicyclic) bond motifs is 1. The zero-order valence-electron chi connectivity index (χ0n) is 10.3. The number of nitrogens with one attached hydrogen (secondary N) is 2. The van der Waals surface area contributed by atoms with Crippen LogP contribution in [0, 0.1) is 0 Å². The molecule has 1 atom stereocenters. The first kappa shape index (κ1) is 11.2. The van der Waals surface area contributed by atoms with Crippen LogP contribution in [0.4, 0.5) is 0 Å². The number of carbonyl (C=O) groups is 1. The maximum atomic E-state index is 12.6. The van der Waals surface area contributed by atoms with Gasteiger partial charge in [-0.3, -0.25) is 9.89 Å². The highest BCUT2D eigenvalue weighted by Gasteiger charge is 2.25. The molecule has 0 unspecified atom stereocenters. The van der Waals surface area contributed by atoms with Gasteiger partial charge in [0.15, 0.2) is 0 Å². The number of benzene rings is 1. The van der Waals surface area contributed by atoms with Crippen molar-refractivity contribution >= 4 is 16.8 Å². The number of piperazine rings is 1. The smallest absolute Gasteiger partial charge is 0.256 e. The summed E-state index contributed by atoms with van der Waals surface area (Å²) < 4.78 is 0. The van der Waals surface area contributed by atoms with E-state index >= 15 is 0 Å². The van der Waals surface area contributed by atoms with Crippen molar-refractivity contribution in [3.63, 3.8) is 0 Å². The summed E-state index contributed by atoms with van der Waals surface area (Å²) >= 11 is 0. The van der Waals surface area contributed by atoms with Crippen LogP contribution < -0.4 is 5.32 Å². The second kappa shape index (κ2) is 4.42. The van der Waals surface area contributed by atoms with Crippen molar-refractivity contribution in [3.8, 4) is 0 Å². The van der Waals surface area contributed by atoms with Crippen molar-refractivity contribution < 1.29 is 4.79 Å². The number of para-hydroxylation sites is 1. The van der Waals surface area contributed by atoms with E-state index in [1.54, 1.807) is 6.20 Å². The van der Waals surface area contributed by atoms with E-state index in [9.17, 15) is 4.79 Å². The molecule has 94 valence electrons. The Labute approximate surface area is 105 Å². The molecule has 0 bridgehead atoms. The van der Waals surface area contributed by atoms with E-state index in [-0.39, 0.29) is 11.9 Å². The van der Waals surface area contributed by atoms with Gasteiger partial charge in [-0.2, -0.15) is 5.10 Å². The monoisotopic (exact) mass is 244 g/mol. The molecular weight excluding hydrogens is 228 g/mol. The highest BCUT2D eigenvalue weighted by molar-refractivity contribution is 6.05. The van der Waals surface area contributed by atoms with Gasteiger partial charge >= 0.3 is 0 Å². The first-order chi connectivity index (χ1) is 8.77. The Bertz CT molecular complexity index is 577. The van der Waals surface area contributed by atoms with Gasteiger partial charge in [-0.15, -0.1) is 0 Å². The Morgan fingerprint density at radius 2 is 2.39 bits per heavy atom. The molecule has 1 aromatic heterocycles. The molecule has 0 spiro atoms. The van der Waals surface area contributed by atoms with Gasteiger partial charge in [0.25, 0.3) is 5.91 Å². The van der Waals surface area contributed by atoms with Gasteiger partial charge < -0.3 is 10.2 Å². The summed E-state index contributed by atoms with van der Waals surface area (Å²) in [6.07, 6.45) is 1.74. The predicted molar refractivity (Wildman–Crippen MR) is 69.5 cm³/mol. The fourth-order valence-electron chi connectivity index (χ4n) is 2.44. The van der Waals surface area contributed by atoms with E-state index in [1.165, 1.54) is 0 Å². The zero-order valence-corrected chi connectivity index (χ0v) is 10.3. The second-order valence-corrected chi connectivity index (χ2v) is 4.69. The Morgan fingerprint density at radius 1 is 1.50 bits per heavy atom. The standard InChI is InChI=1S/C13H16N4O/c1-9-7-14-5-6-17(9)13(18)11-4-2-3-10-8-15-16-12(10)11/h2-4,8-9,14H,5-7H2,1H3,(H,15,16)/t9-/m0/s1. The predicted octanol–water partition coefficient (Wildman–Crippen LogP) is 0.997. The number of aromatic nitrogens is 2. The molecule has 3 rings (SSSR count). The fourth-order valence-corrected chi connectivity index (χ4v) is 2.44. The molecule has 2 heterocycles. The zero-order chi connectivity index (χ0) is 12.5. The van der Waals surface area contributed by atoms with E-state index in [0.717, 1.165) is 30.5 Å². The minimum atomic E-state index is 0.0823. The number of aromatic amines is 1. The summed E-state index contributed by atoms with van der Waals surface area (Å²) in [5.74, 6) is 0.0823. The highest BCUT2D eigenvalue weighted by Crippen LogP contribution is 2.18. The van der Waals surface area contributed by atoms with E-state index in [4.69, 9.17) is 0 Å². The Balaban J connectivity index is 1.98. The third-order valence-corrected chi connectivity index (χ3v) is 3.47. The summed E-state index contributed by atoms with van der Waals surface area (Å²) in [5.41, 5.74) is 1.53.